The molecule has 0 aliphatic heterocycles. The highest BCUT2D eigenvalue weighted by Gasteiger charge is 2.29. The minimum Gasteiger partial charge on any atom is -0.357 e. The smallest absolute Gasteiger partial charge is 0.244 e. The molecule has 0 spiro atoms. The van der Waals surface area contributed by atoms with Gasteiger partial charge in [-0.15, -0.1) is 0 Å². The third-order valence-corrected chi connectivity index (χ3v) is 6.54. The lowest BCUT2D eigenvalue weighted by Crippen LogP contribution is -2.50. The van der Waals surface area contributed by atoms with Gasteiger partial charge in [0, 0.05) is 22.2 Å². The van der Waals surface area contributed by atoms with Crippen LogP contribution < -0.4 is 9.62 Å². The number of anilines is 1. The van der Waals surface area contributed by atoms with Crippen LogP contribution in [0.2, 0.25) is 5.02 Å². The van der Waals surface area contributed by atoms with Crippen LogP contribution in [-0.2, 0) is 26.2 Å². The first kappa shape index (κ1) is 24.4. The predicted molar refractivity (Wildman–Crippen MR) is 127 cm³/mol. The molecule has 7 nitrogen and oxygen atoms in total. The highest BCUT2D eigenvalue weighted by molar-refractivity contribution is 14.1. The van der Waals surface area contributed by atoms with E-state index in [0.717, 1.165) is 19.7 Å². The molecular formula is C20H23ClIN3O4S. The predicted octanol–water partition coefficient (Wildman–Crippen LogP) is 2.87. The molecule has 0 aliphatic rings. The van der Waals surface area contributed by atoms with Gasteiger partial charge in [0.2, 0.25) is 21.8 Å². The van der Waals surface area contributed by atoms with Gasteiger partial charge in [-0.3, -0.25) is 13.9 Å². The second kappa shape index (κ2) is 10.5. The first-order valence-electron chi connectivity index (χ1n) is 9.01. The van der Waals surface area contributed by atoms with Crippen LogP contribution in [0.4, 0.5) is 5.69 Å². The van der Waals surface area contributed by atoms with E-state index < -0.39 is 28.5 Å². The first-order valence-corrected chi connectivity index (χ1v) is 12.3. The number of hydrogen-bond donors (Lipinski definition) is 1. The summed E-state index contributed by atoms with van der Waals surface area (Å²) in [5, 5.41) is 3.03. The molecule has 0 fully saturated rings. The highest BCUT2D eigenvalue weighted by Crippen LogP contribution is 2.21. The number of sulfonamides is 1. The Morgan fingerprint density at radius 3 is 2.33 bits per heavy atom. The number of amides is 2. The monoisotopic (exact) mass is 563 g/mol. The van der Waals surface area contributed by atoms with Gasteiger partial charge in [-0.1, -0.05) is 23.7 Å². The van der Waals surface area contributed by atoms with Gasteiger partial charge < -0.3 is 10.2 Å². The van der Waals surface area contributed by atoms with Crippen LogP contribution in [-0.4, -0.2) is 51.0 Å². The number of likely N-dealkylation sites (N-methyl/N-ethyl adjacent to an activating group) is 1. The lowest BCUT2D eigenvalue weighted by atomic mass is 10.1. The fraction of sp³-hybridized carbons (Fsp3) is 0.300. The number of carbonyl (C=O) groups is 2. The minimum atomic E-state index is -3.73. The summed E-state index contributed by atoms with van der Waals surface area (Å²) in [5.74, 6) is -0.861. The fourth-order valence-corrected chi connectivity index (χ4v) is 4.27. The highest BCUT2D eigenvalue weighted by atomic mass is 127. The van der Waals surface area contributed by atoms with Gasteiger partial charge in [0.05, 0.1) is 11.9 Å². The van der Waals surface area contributed by atoms with Crippen LogP contribution in [0, 0.1) is 3.57 Å². The average Bonchev–Trinajstić information content (AvgIpc) is 2.69. The van der Waals surface area contributed by atoms with Crippen molar-refractivity contribution in [2.45, 2.75) is 19.5 Å². The molecule has 0 bridgehead atoms. The van der Waals surface area contributed by atoms with Crippen molar-refractivity contribution in [3.63, 3.8) is 0 Å². The number of carbonyl (C=O) groups excluding carboxylic acids is 2. The van der Waals surface area contributed by atoms with Crippen molar-refractivity contribution >= 4 is 61.7 Å². The molecule has 30 heavy (non-hydrogen) atoms. The van der Waals surface area contributed by atoms with Crippen molar-refractivity contribution in [2.75, 3.05) is 24.2 Å². The van der Waals surface area contributed by atoms with E-state index in [9.17, 15) is 18.0 Å². The standard InChI is InChI=1S/C20H23ClIN3O4S/c1-14(20(27)23-2)24(12-15-5-4-6-16(21)11-15)19(26)13-25(30(3,28)29)18-9-7-17(22)8-10-18/h4-11,14H,12-13H2,1-3H3,(H,23,27). The number of nitrogens with zero attached hydrogens (tertiary/aromatic N) is 2. The fourth-order valence-electron chi connectivity index (χ4n) is 2.84. The first-order chi connectivity index (χ1) is 14.0. The van der Waals surface area contributed by atoms with E-state index in [4.69, 9.17) is 11.6 Å². The van der Waals surface area contributed by atoms with Crippen LogP contribution in [0.5, 0.6) is 0 Å². The van der Waals surface area contributed by atoms with E-state index in [2.05, 4.69) is 27.9 Å². The Hall–Kier alpha value is -1.85. The van der Waals surface area contributed by atoms with Crippen molar-refractivity contribution in [1.82, 2.24) is 10.2 Å². The van der Waals surface area contributed by atoms with Crippen LogP contribution in [0.3, 0.4) is 0 Å². The topological polar surface area (TPSA) is 86.8 Å². The molecule has 0 aliphatic carbocycles. The Balaban J connectivity index is 2.36. The van der Waals surface area contributed by atoms with Crippen molar-refractivity contribution < 1.29 is 18.0 Å². The maximum Gasteiger partial charge on any atom is 0.244 e. The van der Waals surface area contributed by atoms with Crippen LogP contribution >= 0.6 is 34.2 Å². The van der Waals surface area contributed by atoms with Gasteiger partial charge in [0.1, 0.15) is 12.6 Å². The van der Waals surface area contributed by atoms with Crippen molar-refractivity contribution in [2.24, 2.45) is 0 Å². The van der Waals surface area contributed by atoms with E-state index in [1.807, 2.05) is 0 Å². The van der Waals surface area contributed by atoms with E-state index in [-0.39, 0.29) is 12.5 Å². The number of benzene rings is 2. The molecule has 2 amide bonds. The van der Waals surface area contributed by atoms with Crippen molar-refractivity contribution in [3.8, 4) is 0 Å². The summed E-state index contributed by atoms with van der Waals surface area (Å²) in [6, 6.07) is 12.9. The Labute approximate surface area is 195 Å². The Kier molecular flexibility index (Phi) is 8.51. The molecule has 2 aromatic carbocycles. The average molecular weight is 564 g/mol. The van der Waals surface area contributed by atoms with E-state index in [1.165, 1.54) is 11.9 Å². The number of nitrogens with one attached hydrogen (secondary N) is 1. The van der Waals surface area contributed by atoms with Gasteiger partial charge in [0.25, 0.3) is 0 Å². The Morgan fingerprint density at radius 1 is 1.17 bits per heavy atom. The van der Waals surface area contributed by atoms with Crippen molar-refractivity contribution in [1.29, 1.82) is 0 Å². The van der Waals surface area contributed by atoms with Crippen molar-refractivity contribution in [3.05, 3.63) is 62.7 Å². The maximum atomic E-state index is 13.2. The molecule has 162 valence electrons. The molecule has 0 saturated heterocycles. The summed E-state index contributed by atoms with van der Waals surface area (Å²) < 4.78 is 26.8. The zero-order chi connectivity index (χ0) is 22.5. The lowest BCUT2D eigenvalue weighted by Gasteiger charge is -2.31. The summed E-state index contributed by atoms with van der Waals surface area (Å²) >= 11 is 8.16. The summed E-state index contributed by atoms with van der Waals surface area (Å²) in [4.78, 5) is 26.8. The van der Waals surface area contributed by atoms with Gasteiger partial charge >= 0.3 is 0 Å². The van der Waals surface area contributed by atoms with Gasteiger partial charge in [-0.25, -0.2) is 8.42 Å². The third-order valence-electron chi connectivity index (χ3n) is 4.45. The van der Waals surface area contributed by atoms with E-state index >= 15 is 0 Å². The summed E-state index contributed by atoms with van der Waals surface area (Å²) in [6.45, 7) is 1.27. The number of hydrogen-bond acceptors (Lipinski definition) is 4. The molecule has 1 N–H and O–H groups in total. The second-order valence-corrected chi connectivity index (χ2v) is 10.3. The summed E-state index contributed by atoms with van der Waals surface area (Å²) in [5.41, 5.74) is 1.10. The molecule has 2 aromatic rings. The summed E-state index contributed by atoms with van der Waals surface area (Å²) in [7, 11) is -2.25. The van der Waals surface area contributed by atoms with Crippen LogP contribution in [0.1, 0.15) is 12.5 Å². The second-order valence-electron chi connectivity index (χ2n) is 6.69. The lowest BCUT2D eigenvalue weighted by molar-refractivity contribution is -0.139. The Morgan fingerprint density at radius 2 is 1.80 bits per heavy atom. The van der Waals surface area contributed by atoms with Gasteiger partial charge in [-0.2, -0.15) is 0 Å². The molecule has 1 unspecified atom stereocenters. The summed E-state index contributed by atoms with van der Waals surface area (Å²) in [6.07, 6.45) is 1.04. The van der Waals surface area contributed by atoms with Crippen LogP contribution in [0.25, 0.3) is 0 Å². The molecule has 2 rings (SSSR count). The number of rotatable bonds is 8. The molecular weight excluding hydrogens is 541 g/mol. The molecule has 10 heteroatoms. The molecule has 1 atom stereocenters. The zero-order valence-corrected chi connectivity index (χ0v) is 20.5. The molecule has 0 aromatic heterocycles. The van der Waals surface area contributed by atoms with E-state index in [1.54, 1.807) is 55.5 Å². The number of halogens is 2. The van der Waals surface area contributed by atoms with E-state index in [0.29, 0.717) is 10.7 Å². The minimum absolute atomic E-state index is 0.109. The SMILES string of the molecule is CNC(=O)C(C)N(Cc1cccc(Cl)c1)C(=O)CN(c1ccc(I)cc1)S(C)(=O)=O. The maximum absolute atomic E-state index is 13.2. The molecule has 0 saturated carbocycles. The van der Waals surface area contributed by atoms with Gasteiger partial charge in [0.15, 0.2) is 0 Å². The largest absolute Gasteiger partial charge is 0.357 e. The molecule has 0 radical (unpaired) electrons. The molecule has 0 heterocycles. The quantitative estimate of drug-likeness (QED) is 0.501. The van der Waals surface area contributed by atoms with Crippen LogP contribution in [0.15, 0.2) is 48.5 Å². The zero-order valence-electron chi connectivity index (χ0n) is 16.8. The normalized spacial score (nSPS) is 12.2. The Bertz CT molecular complexity index is 1010. The third kappa shape index (κ3) is 6.58. The van der Waals surface area contributed by atoms with Gasteiger partial charge in [-0.05, 0) is 71.5 Å².